The monoisotopic (exact) mass is 273 g/mol. The molecule has 1 nitrogen and oxygen atoms in total. The van der Waals surface area contributed by atoms with E-state index in [2.05, 4.69) is 32.2 Å². The molecular weight excluding hydrogens is 253 g/mol. The average molecular weight is 274 g/mol. The molecule has 0 saturated carbocycles. The van der Waals surface area contributed by atoms with Crippen LogP contribution in [0.2, 0.25) is 10.0 Å². The fourth-order valence-corrected chi connectivity index (χ4v) is 2.26. The van der Waals surface area contributed by atoms with Gasteiger partial charge in [-0.15, -0.1) is 0 Å². The van der Waals surface area contributed by atoms with Gasteiger partial charge >= 0.3 is 0 Å². The normalized spacial score (nSPS) is 13.1. The van der Waals surface area contributed by atoms with Crippen LogP contribution in [0.4, 0.5) is 0 Å². The van der Waals surface area contributed by atoms with Crippen LogP contribution in [-0.4, -0.2) is 13.1 Å². The molecule has 0 aliphatic rings. The molecular formula is C14H21Cl2N. The lowest BCUT2D eigenvalue weighted by Crippen LogP contribution is -2.21. The molecule has 1 unspecified atom stereocenters. The molecule has 17 heavy (non-hydrogen) atoms. The van der Waals surface area contributed by atoms with Gasteiger partial charge in [-0.25, -0.2) is 0 Å². The second-order valence-corrected chi connectivity index (χ2v) is 5.72. The van der Waals surface area contributed by atoms with E-state index in [0.717, 1.165) is 25.1 Å². The Hall–Kier alpha value is -0.240. The van der Waals surface area contributed by atoms with E-state index in [1.807, 2.05) is 12.1 Å². The first-order chi connectivity index (χ1) is 8.02. The van der Waals surface area contributed by atoms with E-state index in [0.29, 0.717) is 21.9 Å². The quantitative estimate of drug-likeness (QED) is 0.739. The third kappa shape index (κ3) is 4.87. The molecule has 0 saturated heterocycles. The van der Waals surface area contributed by atoms with Gasteiger partial charge in [-0.05, 0) is 43.0 Å². The van der Waals surface area contributed by atoms with Crippen LogP contribution in [0.1, 0.15) is 38.7 Å². The lowest BCUT2D eigenvalue weighted by Gasteiger charge is -2.15. The van der Waals surface area contributed by atoms with E-state index >= 15 is 0 Å². The van der Waals surface area contributed by atoms with Crippen molar-refractivity contribution in [1.29, 1.82) is 0 Å². The maximum Gasteiger partial charge on any atom is 0.0626 e. The van der Waals surface area contributed by atoms with Crippen molar-refractivity contribution < 1.29 is 0 Å². The topological polar surface area (TPSA) is 12.0 Å². The first kappa shape index (κ1) is 14.8. The summed E-state index contributed by atoms with van der Waals surface area (Å²) in [5.74, 6) is 1.13. The Morgan fingerprint density at radius 3 is 2.53 bits per heavy atom. The van der Waals surface area contributed by atoms with Crippen molar-refractivity contribution >= 4 is 23.2 Å². The minimum atomic E-state index is 0.431. The van der Waals surface area contributed by atoms with Crippen LogP contribution in [0.25, 0.3) is 0 Å². The molecule has 0 bridgehead atoms. The maximum atomic E-state index is 6.20. The Morgan fingerprint density at radius 1 is 1.18 bits per heavy atom. The first-order valence-electron chi connectivity index (χ1n) is 6.17. The largest absolute Gasteiger partial charge is 0.316 e. The number of nitrogens with one attached hydrogen (secondary N) is 1. The number of rotatable bonds is 6. The van der Waals surface area contributed by atoms with Crippen molar-refractivity contribution in [2.45, 2.75) is 33.1 Å². The summed E-state index contributed by atoms with van der Waals surface area (Å²) in [4.78, 5) is 0. The third-order valence-corrected chi connectivity index (χ3v) is 3.65. The van der Waals surface area contributed by atoms with Crippen molar-refractivity contribution in [3.8, 4) is 0 Å². The molecule has 1 aromatic rings. The van der Waals surface area contributed by atoms with Crippen molar-refractivity contribution in [3.05, 3.63) is 33.8 Å². The predicted molar refractivity (Wildman–Crippen MR) is 77.2 cm³/mol. The lowest BCUT2D eigenvalue weighted by molar-refractivity contribution is 0.525. The van der Waals surface area contributed by atoms with Gasteiger partial charge in [-0.2, -0.15) is 0 Å². The molecule has 0 aliphatic heterocycles. The Bertz CT molecular complexity index is 350. The summed E-state index contributed by atoms with van der Waals surface area (Å²) >= 11 is 12.2. The van der Waals surface area contributed by atoms with E-state index in [-0.39, 0.29) is 0 Å². The number of halogens is 2. The zero-order valence-electron chi connectivity index (χ0n) is 10.8. The summed E-state index contributed by atoms with van der Waals surface area (Å²) in [6.45, 7) is 8.70. The Kier molecular flexibility index (Phi) is 6.32. The van der Waals surface area contributed by atoms with Crippen LogP contribution in [-0.2, 0) is 0 Å². The maximum absolute atomic E-state index is 6.20. The molecule has 0 aromatic heterocycles. The molecule has 1 rings (SSSR count). The van der Waals surface area contributed by atoms with Crippen LogP contribution < -0.4 is 5.32 Å². The highest BCUT2D eigenvalue weighted by Crippen LogP contribution is 2.31. The van der Waals surface area contributed by atoms with Gasteiger partial charge in [-0.1, -0.05) is 56.1 Å². The van der Waals surface area contributed by atoms with E-state index in [1.165, 1.54) is 0 Å². The zero-order valence-corrected chi connectivity index (χ0v) is 12.3. The average Bonchev–Trinajstić information content (AvgIpc) is 2.27. The Morgan fingerprint density at radius 2 is 1.88 bits per heavy atom. The molecule has 0 heterocycles. The van der Waals surface area contributed by atoms with Crippen molar-refractivity contribution in [2.24, 2.45) is 5.92 Å². The van der Waals surface area contributed by atoms with Crippen molar-refractivity contribution in [3.63, 3.8) is 0 Å². The van der Waals surface area contributed by atoms with Crippen molar-refractivity contribution in [2.75, 3.05) is 13.1 Å². The summed E-state index contributed by atoms with van der Waals surface area (Å²) in [6, 6.07) is 5.85. The van der Waals surface area contributed by atoms with Gasteiger partial charge in [-0.3, -0.25) is 0 Å². The molecule has 3 heteroatoms. The first-order valence-corrected chi connectivity index (χ1v) is 6.92. The molecule has 0 radical (unpaired) electrons. The van der Waals surface area contributed by atoms with E-state index in [9.17, 15) is 0 Å². The molecule has 0 amide bonds. The summed E-state index contributed by atoms with van der Waals surface area (Å²) in [5, 5.41) is 4.79. The van der Waals surface area contributed by atoms with Crippen LogP contribution in [0, 0.1) is 5.92 Å². The smallest absolute Gasteiger partial charge is 0.0626 e. The van der Waals surface area contributed by atoms with Gasteiger partial charge in [0.1, 0.15) is 0 Å². The molecule has 1 aromatic carbocycles. The Labute approximate surface area is 115 Å². The number of benzene rings is 1. The van der Waals surface area contributed by atoms with Gasteiger partial charge in [0.25, 0.3) is 0 Å². The van der Waals surface area contributed by atoms with Crippen LogP contribution >= 0.6 is 23.2 Å². The fraction of sp³-hybridized carbons (Fsp3) is 0.571. The van der Waals surface area contributed by atoms with Gasteiger partial charge in [0.2, 0.25) is 0 Å². The van der Waals surface area contributed by atoms with E-state index < -0.39 is 0 Å². The molecule has 96 valence electrons. The molecule has 0 spiro atoms. The Balaban J connectivity index is 2.47. The number of hydrogen-bond donors (Lipinski definition) is 1. The zero-order chi connectivity index (χ0) is 12.8. The highest BCUT2D eigenvalue weighted by molar-refractivity contribution is 6.42. The predicted octanol–water partition coefficient (Wildman–Crippen LogP) is 4.73. The van der Waals surface area contributed by atoms with Gasteiger partial charge in [0.05, 0.1) is 10.0 Å². The highest BCUT2D eigenvalue weighted by atomic mass is 35.5. The van der Waals surface area contributed by atoms with E-state index in [1.54, 1.807) is 0 Å². The van der Waals surface area contributed by atoms with Gasteiger partial charge in [0.15, 0.2) is 0 Å². The standard InChI is InChI=1S/C14H21Cl2N/c1-10(2)9-17-8-7-11(3)12-5-4-6-13(15)14(12)16/h4-6,10-11,17H,7-9H2,1-3H3. The summed E-state index contributed by atoms with van der Waals surface area (Å²) in [5.41, 5.74) is 1.14. The lowest BCUT2D eigenvalue weighted by atomic mass is 9.98. The summed E-state index contributed by atoms with van der Waals surface area (Å²) in [6.07, 6.45) is 1.08. The SMILES string of the molecule is CC(C)CNCCC(C)c1cccc(Cl)c1Cl. The van der Waals surface area contributed by atoms with Crippen LogP contribution in [0.3, 0.4) is 0 Å². The van der Waals surface area contributed by atoms with Crippen LogP contribution in [0.5, 0.6) is 0 Å². The fourth-order valence-electron chi connectivity index (χ4n) is 1.77. The summed E-state index contributed by atoms with van der Waals surface area (Å²) in [7, 11) is 0. The number of hydrogen-bond acceptors (Lipinski definition) is 1. The molecule has 0 aliphatic carbocycles. The van der Waals surface area contributed by atoms with E-state index in [4.69, 9.17) is 23.2 Å². The molecule has 1 atom stereocenters. The van der Waals surface area contributed by atoms with Crippen molar-refractivity contribution in [1.82, 2.24) is 5.32 Å². The second kappa shape index (κ2) is 7.25. The summed E-state index contributed by atoms with van der Waals surface area (Å²) < 4.78 is 0. The van der Waals surface area contributed by atoms with Gasteiger partial charge in [0, 0.05) is 0 Å². The highest BCUT2D eigenvalue weighted by Gasteiger charge is 2.11. The molecule has 1 N–H and O–H groups in total. The molecule has 0 fully saturated rings. The van der Waals surface area contributed by atoms with Crippen LogP contribution in [0.15, 0.2) is 18.2 Å². The third-order valence-electron chi connectivity index (χ3n) is 2.82. The van der Waals surface area contributed by atoms with Gasteiger partial charge < -0.3 is 5.32 Å². The second-order valence-electron chi connectivity index (χ2n) is 4.93. The minimum absolute atomic E-state index is 0.431. The minimum Gasteiger partial charge on any atom is -0.316 e.